The first-order valence-corrected chi connectivity index (χ1v) is 7.48. The second-order valence-electron chi connectivity index (χ2n) is 4.81. The van der Waals surface area contributed by atoms with Crippen LogP contribution in [-0.2, 0) is 6.54 Å². The third-order valence-corrected chi connectivity index (χ3v) is 3.67. The Hall–Kier alpha value is -1.85. The van der Waals surface area contributed by atoms with Crippen LogP contribution in [0.4, 0.5) is 0 Å². The van der Waals surface area contributed by atoms with Gasteiger partial charge in [-0.1, -0.05) is 34.1 Å². The lowest BCUT2D eigenvalue weighted by Crippen LogP contribution is -2.23. The van der Waals surface area contributed by atoms with Gasteiger partial charge in [0.15, 0.2) is 0 Å². The molecule has 21 heavy (non-hydrogen) atoms. The van der Waals surface area contributed by atoms with Crippen molar-refractivity contribution >= 4 is 27.0 Å². The van der Waals surface area contributed by atoms with E-state index in [0.717, 1.165) is 21.3 Å². The van der Waals surface area contributed by atoms with Crippen LogP contribution in [0.3, 0.4) is 0 Å². The Morgan fingerprint density at radius 3 is 2.90 bits per heavy atom. The lowest BCUT2D eigenvalue weighted by Gasteiger charge is -2.13. The van der Waals surface area contributed by atoms with Crippen molar-refractivity contribution in [3.8, 4) is 5.75 Å². The van der Waals surface area contributed by atoms with Crippen molar-refractivity contribution in [1.82, 2.24) is 9.55 Å². The van der Waals surface area contributed by atoms with Crippen LogP contribution in [0.2, 0.25) is 0 Å². The van der Waals surface area contributed by atoms with Crippen molar-refractivity contribution in [2.45, 2.75) is 12.6 Å². The monoisotopic (exact) mass is 346 g/mol. The molecule has 3 rings (SSSR count). The van der Waals surface area contributed by atoms with Gasteiger partial charge in [-0.05, 0) is 30.3 Å². The number of nitrogens with zero attached hydrogens (tertiary/aromatic N) is 2. The molecule has 1 N–H and O–H groups in total. The van der Waals surface area contributed by atoms with Gasteiger partial charge in [-0.25, -0.2) is 4.98 Å². The molecule has 1 heterocycles. The van der Waals surface area contributed by atoms with Gasteiger partial charge in [0.25, 0.3) is 0 Å². The van der Waals surface area contributed by atoms with Crippen LogP contribution in [0, 0.1) is 0 Å². The smallest absolute Gasteiger partial charge is 0.120 e. The van der Waals surface area contributed by atoms with Crippen LogP contribution in [0.1, 0.15) is 0 Å². The number of para-hydroxylation sites is 2. The summed E-state index contributed by atoms with van der Waals surface area (Å²) < 4.78 is 8.48. The fourth-order valence-corrected chi connectivity index (χ4v) is 2.56. The number of ether oxygens (including phenoxy) is 1. The zero-order valence-corrected chi connectivity index (χ0v) is 12.9. The maximum Gasteiger partial charge on any atom is 0.120 e. The third kappa shape index (κ3) is 3.43. The van der Waals surface area contributed by atoms with Crippen LogP contribution < -0.4 is 4.74 Å². The summed E-state index contributed by atoms with van der Waals surface area (Å²) in [4.78, 5) is 4.31. The molecule has 0 saturated heterocycles. The van der Waals surface area contributed by atoms with Crippen LogP contribution in [0.15, 0.2) is 59.3 Å². The lowest BCUT2D eigenvalue weighted by molar-refractivity contribution is 0.0934. The Morgan fingerprint density at radius 2 is 2.05 bits per heavy atom. The van der Waals surface area contributed by atoms with E-state index in [-0.39, 0.29) is 6.61 Å². The van der Waals surface area contributed by atoms with Gasteiger partial charge in [-0.2, -0.15) is 0 Å². The van der Waals surface area contributed by atoms with Crippen LogP contribution in [0.25, 0.3) is 11.0 Å². The number of hydrogen-bond acceptors (Lipinski definition) is 3. The average molecular weight is 347 g/mol. The molecule has 108 valence electrons. The zero-order chi connectivity index (χ0) is 14.7. The molecule has 0 bridgehead atoms. The molecule has 0 aliphatic rings. The van der Waals surface area contributed by atoms with Crippen molar-refractivity contribution in [3.63, 3.8) is 0 Å². The summed E-state index contributed by atoms with van der Waals surface area (Å²) in [5.74, 6) is 0.735. The summed E-state index contributed by atoms with van der Waals surface area (Å²) >= 11 is 3.39. The summed E-state index contributed by atoms with van der Waals surface area (Å²) in [6, 6.07) is 15.4. The predicted octanol–water partition coefficient (Wildman–Crippen LogP) is 3.24. The van der Waals surface area contributed by atoms with Crippen molar-refractivity contribution in [2.75, 3.05) is 6.61 Å². The normalized spacial score (nSPS) is 12.5. The summed E-state index contributed by atoms with van der Waals surface area (Å²) in [7, 11) is 0. The van der Waals surface area contributed by atoms with Gasteiger partial charge >= 0.3 is 0 Å². The molecule has 3 aromatic rings. The molecule has 2 aromatic carbocycles. The highest BCUT2D eigenvalue weighted by atomic mass is 79.9. The molecule has 1 atom stereocenters. The first-order valence-electron chi connectivity index (χ1n) is 6.69. The number of aliphatic hydroxyl groups is 1. The fraction of sp³-hybridized carbons (Fsp3) is 0.188. The number of rotatable bonds is 5. The Morgan fingerprint density at radius 1 is 1.19 bits per heavy atom. The van der Waals surface area contributed by atoms with Gasteiger partial charge in [0, 0.05) is 4.47 Å². The quantitative estimate of drug-likeness (QED) is 0.771. The van der Waals surface area contributed by atoms with E-state index in [4.69, 9.17) is 4.74 Å². The van der Waals surface area contributed by atoms with Crippen LogP contribution in [0.5, 0.6) is 5.75 Å². The molecular formula is C16H15BrN2O2. The van der Waals surface area contributed by atoms with E-state index < -0.39 is 6.10 Å². The maximum atomic E-state index is 10.1. The number of hydrogen-bond donors (Lipinski definition) is 1. The summed E-state index contributed by atoms with van der Waals surface area (Å²) in [5.41, 5.74) is 1.94. The van der Waals surface area contributed by atoms with Crippen LogP contribution in [-0.4, -0.2) is 27.4 Å². The van der Waals surface area contributed by atoms with Crippen molar-refractivity contribution in [2.24, 2.45) is 0 Å². The average Bonchev–Trinajstić information content (AvgIpc) is 2.89. The minimum atomic E-state index is -0.596. The molecule has 1 aromatic heterocycles. The molecular weight excluding hydrogens is 332 g/mol. The number of aliphatic hydroxyl groups excluding tert-OH is 1. The first-order chi connectivity index (χ1) is 10.2. The van der Waals surface area contributed by atoms with E-state index in [0.29, 0.717) is 6.54 Å². The van der Waals surface area contributed by atoms with Gasteiger partial charge in [-0.15, -0.1) is 0 Å². The molecule has 0 saturated carbocycles. The number of aromatic nitrogens is 2. The first kappa shape index (κ1) is 14.1. The number of imidazole rings is 1. The molecule has 0 spiro atoms. The van der Waals surface area contributed by atoms with E-state index in [1.54, 1.807) is 6.33 Å². The van der Waals surface area contributed by atoms with Crippen molar-refractivity contribution < 1.29 is 9.84 Å². The Balaban J connectivity index is 1.62. The van der Waals surface area contributed by atoms with E-state index in [9.17, 15) is 5.11 Å². The van der Waals surface area contributed by atoms with Gasteiger partial charge in [0.1, 0.15) is 18.5 Å². The van der Waals surface area contributed by atoms with E-state index in [1.165, 1.54) is 0 Å². The molecule has 0 amide bonds. The summed E-state index contributed by atoms with van der Waals surface area (Å²) in [6.45, 7) is 0.692. The molecule has 5 heteroatoms. The second kappa shape index (κ2) is 6.28. The maximum absolute atomic E-state index is 10.1. The highest BCUT2D eigenvalue weighted by Gasteiger charge is 2.09. The number of fused-ring (bicyclic) bond motifs is 1. The Kier molecular flexibility index (Phi) is 4.22. The van der Waals surface area contributed by atoms with Gasteiger partial charge in [0.2, 0.25) is 0 Å². The van der Waals surface area contributed by atoms with Crippen molar-refractivity contribution in [1.29, 1.82) is 0 Å². The number of benzene rings is 2. The second-order valence-corrected chi connectivity index (χ2v) is 5.72. The zero-order valence-electron chi connectivity index (χ0n) is 11.3. The highest BCUT2D eigenvalue weighted by Crippen LogP contribution is 2.18. The predicted molar refractivity (Wildman–Crippen MR) is 85.4 cm³/mol. The standard InChI is InChI=1S/C16H15BrN2O2/c17-12-4-3-5-14(8-12)21-10-13(20)9-19-11-18-15-6-1-2-7-16(15)19/h1-8,11,13,20H,9-10H2. The largest absolute Gasteiger partial charge is 0.491 e. The van der Waals surface area contributed by atoms with Crippen molar-refractivity contribution in [3.05, 3.63) is 59.3 Å². The van der Waals surface area contributed by atoms with Crippen LogP contribution >= 0.6 is 15.9 Å². The van der Waals surface area contributed by atoms with E-state index in [2.05, 4.69) is 20.9 Å². The van der Waals surface area contributed by atoms with E-state index in [1.807, 2.05) is 53.1 Å². The number of halogens is 1. The molecule has 0 aliphatic carbocycles. The highest BCUT2D eigenvalue weighted by molar-refractivity contribution is 9.10. The minimum absolute atomic E-state index is 0.239. The minimum Gasteiger partial charge on any atom is -0.491 e. The van der Waals surface area contributed by atoms with E-state index >= 15 is 0 Å². The van der Waals surface area contributed by atoms with Gasteiger partial charge in [-0.3, -0.25) is 0 Å². The van der Waals surface area contributed by atoms with Gasteiger partial charge < -0.3 is 14.4 Å². The molecule has 1 unspecified atom stereocenters. The fourth-order valence-electron chi connectivity index (χ4n) is 2.18. The topological polar surface area (TPSA) is 47.3 Å². The lowest BCUT2D eigenvalue weighted by atomic mass is 10.3. The Bertz CT molecular complexity index is 742. The Labute approximate surface area is 131 Å². The van der Waals surface area contributed by atoms with Gasteiger partial charge in [0.05, 0.1) is 23.9 Å². The molecule has 0 aliphatic heterocycles. The summed E-state index contributed by atoms with van der Waals surface area (Å²) in [5, 5.41) is 10.1. The molecule has 0 radical (unpaired) electrons. The SMILES string of the molecule is OC(COc1cccc(Br)c1)Cn1cnc2ccccc21. The molecule has 0 fully saturated rings. The third-order valence-electron chi connectivity index (χ3n) is 3.17. The molecule has 4 nitrogen and oxygen atoms in total. The summed E-state index contributed by atoms with van der Waals surface area (Å²) in [6.07, 6.45) is 1.15.